The fourth-order valence-corrected chi connectivity index (χ4v) is 3.15. The van der Waals surface area contributed by atoms with E-state index in [9.17, 15) is 0 Å². The molecule has 1 heterocycles. The molecule has 0 saturated carbocycles. The Balaban J connectivity index is 2.85. The van der Waals surface area contributed by atoms with Crippen LogP contribution in [0.25, 0.3) is 0 Å². The van der Waals surface area contributed by atoms with Gasteiger partial charge in [-0.15, -0.1) is 0 Å². The van der Waals surface area contributed by atoms with Crippen molar-refractivity contribution in [3.63, 3.8) is 0 Å². The zero-order chi connectivity index (χ0) is 11.7. The van der Waals surface area contributed by atoms with E-state index in [1.807, 2.05) is 0 Å². The van der Waals surface area contributed by atoms with Crippen LogP contribution >= 0.6 is 0 Å². The summed E-state index contributed by atoms with van der Waals surface area (Å²) in [6, 6.07) is 0. The van der Waals surface area contributed by atoms with Crippen molar-refractivity contribution in [1.82, 2.24) is 10.0 Å². The van der Waals surface area contributed by atoms with Crippen LogP contribution in [0.4, 0.5) is 0 Å². The standard InChI is InChI=1S/C12H26N2O/c1-11(2)7-6-8-12(3,4)14(11)13(5)9-10-15/h15H,6-10H2,1-5H3. The number of piperidine rings is 1. The third-order valence-corrected chi connectivity index (χ3v) is 3.49. The number of hydrogen-bond acceptors (Lipinski definition) is 3. The molecule has 0 atom stereocenters. The summed E-state index contributed by atoms with van der Waals surface area (Å²) in [5, 5.41) is 13.7. The number of rotatable bonds is 3. The monoisotopic (exact) mass is 214 g/mol. The molecule has 0 spiro atoms. The van der Waals surface area contributed by atoms with Gasteiger partial charge in [0.25, 0.3) is 0 Å². The summed E-state index contributed by atoms with van der Waals surface area (Å²) in [5.74, 6) is 0. The van der Waals surface area contributed by atoms with Crippen LogP contribution < -0.4 is 0 Å². The van der Waals surface area contributed by atoms with E-state index in [1.54, 1.807) is 0 Å². The number of aliphatic hydroxyl groups is 1. The molecule has 1 aliphatic rings. The molecule has 0 bridgehead atoms. The Hall–Kier alpha value is -0.120. The Morgan fingerprint density at radius 3 is 2.00 bits per heavy atom. The SMILES string of the molecule is CN(CCO)N1C(C)(C)CCCC1(C)C. The van der Waals surface area contributed by atoms with Crippen LogP contribution in [0.15, 0.2) is 0 Å². The van der Waals surface area contributed by atoms with Crippen LogP contribution in [0.2, 0.25) is 0 Å². The van der Waals surface area contributed by atoms with Crippen molar-refractivity contribution >= 4 is 0 Å². The van der Waals surface area contributed by atoms with Crippen LogP contribution in [0, 0.1) is 0 Å². The van der Waals surface area contributed by atoms with E-state index in [1.165, 1.54) is 19.3 Å². The summed E-state index contributed by atoms with van der Waals surface area (Å²) in [5.41, 5.74) is 0.400. The molecule has 3 heteroatoms. The minimum atomic E-state index is 0.200. The molecular weight excluding hydrogens is 188 g/mol. The van der Waals surface area contributed by atoms with Gasteiger partial charge in [0.1, 0.15) is 0 Å². The molecule has 0 amide bonds. The molecule has 0 aromatic carbocycles. The van der Waals surface area contributed by atoms with E-state index in [0.29, 0.717) is 6.54 Å². The zero-order valence-electron chi connectivity index (χ0n) is 10.9. The average Bonchev–Trinajstić information content (AvgIpc) is 2.00. The Morgan fingerprint density at radius 1 is 1.13 bits per heavy atom. The molecule has 1 aliphatic heterocycles. The second kappa shape index (κ2) is 4.40. The van der Waals surface area contributed by atoms with Gasteiger partial charge in [-0.1, -0.05) is 0 Å². The van der Waals surface area contributed by atoms with Crippen molar-refractivity contribution in [3.8, 4) is 0 Å². The van der Waals surface area contributed by atoms with Crippen LogP contribution in [-0.2, 0) is 0 Å². The normalized spacial score (nSPS) is 25.8. The van der Waals surface area contributed by atoms with Gasteiger partial charge in [-0.25, -0.2) is 10.0 Å². The molecule has 0 unspecified atom stereocenters. The van der Waals surface area contributed by atoms with Gasteiger partial charge in [0.05, 0.1) is 6.61 Å². The highest BCUT2D eigenvalue weighted by atomic mass is 16.3. The van der Waals surface area contributed by atoms with Crippen LogP contribution in [0.1, 0.15) is 47.0 Å². The summed E-state index contributed by atoms with van der Waals surface area (Å²) in [6.45, 7) is 10.1. The number of hydrogen-bond donors (Lipinski definition) is 1. The lowest BCUT2D eigenvalue weighted by Crippen LogP contribution is -2.64. The maximum Gasteiger partial charge on any atom is 0.0572 e. The van der Waals surface area contributed by atoms with Crippen molar-refractivity contribution in [2.24, 2.45) is 0 Å². The van der Waals surface area contributed by atoms with Crippen molar-refractivity contribution in [3.05, 3.63) is 0 Å². The molecule has 1 saturated heterocycles. The zero-order valence-corrected chi connectivity index (χ0v) is 10.9. The maximum atomic E-state index is 9.04. The molecule has 90 valence electrons. The second-order valence-corrected chi connectivity index (χ2v) is 5.90. The van der Waals surface area contributed by atoms with E-state index >= 15 is 0 Å². The number of likely N-dealkylation sites (N-methyl/N-ethyl adjacent to an activating group) is 1. The Morgan fingerprint density at radius 2 is 1.60 bits per heavy atom. The Bertz CT molecular complexity index is 198. The van der Waals surface area contributed by atoms with Gasteiger partial charge in [0.2, 0.25) is 0 Å². The van der Waals surface area contributed by atoms with Gasteiger partial charge in [0, 0.05) is 24.7 Å². The minimum absolute atomic E-state index is 0.200. The topological polar surface area (TPSA) is 26.7 Å². The lowest BCUT2D eigenvalue weighted by Gasteiger charge is -2.56. The van der Waals surface area contributed by atoms with E-state index in [4.69, 9.17) is 5.11 Å². The lowest BCUT2D eigenvalue weighted by atomic mass is 9.81. The molecule has 0 aliphatic carbocycles. The first-order valence-electron chi connectivity index (χ1n) is 5.93. The summed E-state index contributed by atoms with van der Waals surface area (Å²) in [4.78, 5) is 0. The maximum absolute atomic E-state index is 9.04. The van der Waals surface area contributed by atoms with Crippen molar-refractivity contribution in [2.45, 2.75) is 58.0 Å². The van der Waals surface area contributed by atoms with Gasteiger partial charge >= 0.3 is 0 Å². The van der Waals surface area contributed by atoms with Crippen LogP contribution in [-0.4, -0.2) is 46.4 Å². The molecular formula is C12H26N2O. The Kier molecular flexibility index (Phi) is 3.80. The fourth-order valence-electron chi connectivity index (χ4n) is 3.15. The molecule has 1 rings (SSSR count). The highest BCUT2D eigenvalue weighted by Gasteiger charge is 2.43. The largest absolute Gasteiger partial charge is 0.395 e. The van der Waals surface area contributed by atoms with Gasteiger partial charge in [-0.3, -0.25) is 0 Å². The smallest absolute Gasteiger partial charge is 0.0572 e. The molecule has 15 heavy (non-hydrogen) atoms. The van der Waals surface area contributed by atoms with Gasteiger partial charge in [0.15, 0.2) is 0 Å². The minimum Gasteiger partial charge on any atom is -0.395 e. The third-order valence-electron chi connectivity index (χ3n) is 3.49. The quantitative estimate of drug-likeness (QED) is 0.777. The summed E-state index contributed by atoms with van der Waals surface area (Å²) < 4.78 is 0. The first-order chi connectivity index (χ1) is 6.81. The highest BCUT2D eigenvalue weighted by molar-refractivity contribution is 4.95. The number of nitrogens with zero attached hydrogens (tertiary/aromatic N) is 2. The van der Waals surface area contributed by atoms with E-state index < -0.39 is 0 Å². The predicted octanol–water partition coefficient (Wildman–Crippen LogP) is 1.87. The number of hydrazine groups is 1. The predicted molar refractivity (Wildman–Crippen MR) is 63.6 cm³/mol. The highest BCUT2D eigenvalue weighted by Crippen LogP contribution is 2.38. The molecule has 0 aromatic heterocycles. The molecule has 1 N–H and O–H groups in total. The average molecular weight is 214 g/mol. The van der Waals surface area contributed by atoms with Crippen molar-refractivity contribution < 1.29 is 5.11 Å². The van der Waals surface area contributed by atoms with Gasteiger partial charge in [-0.05, 0) is 47.0 Å². The van der Waals surface area contributed by atoms with Crippen LogP contribution in [0.5, 0.6) is 0 Å². The van der Waals surface area contributed by atoms with E-state index in [0.717, 1.165) is 0 Å². The first-order valence-corrected chi connectivity index (χ1v) is 5.93. The first kappa shape index (κ1) is 12.9. The van der Waals surface area contributed by atoms with Gasteiger partial charge in [-0.2, -0.15) is 0 Å². The third kappa shape index (κ3) is 2.71. The summed E-state index contributed by atoms with van der Waals surface area (Å²) >= 11 is 0. The molecule has 1 fully saturated rings. The lowest BCUT2D eigenvalue weighted by molar-refractivity contribution is -0.173. The fraction of sp³-hybridized carbons (Fsp3) is 1.00. The number of aliphatic hydroxyl groups excluding tert-OH is 1. The summed E-state index contributed by atoms with van der Waals surface area (Å²) in [6.07, 6.45) is 3.75. The van der Waals surface area contributed by atoms with E-state index in [-0.39, 0.29) is 17.7 Å². The van der Waals surface area contributed by atoms with Crippen LogP contribution in [0.3, 0.4) is 0 Å². The van der Waals surface area contributed by atoms with Crippen molar-refractivity contribution in [1.29, 1.82) is 0 Å². The Labute approximate surface area is 94.0 Å². The second-order valence-electron chi connectivity index (χ2n) is 5.90. The molecule has 3 nitrogen and oxygen atoms in total. The van der Waals surface area contributed by atoms with E-state index in [2.05, 4.69) is 44.8 Å². The molecule has 0 radical (unpaired) electrons. The molecule has 0 aromatic rings. The van der Waals surface area contributed by atoms with Gasteiger partial charge < -0.3 is 5.11 Å². The van der Waals surface area contributed by atoms with Crippen molar-refractivity contribution in [2.75, 3.05) is 20.2 Å². The summed E-state index contributed by atoms with van der Waals surface area (Å²) in [7, 11) is 2.07.